The van der Waals surface area contributed by atoms with Gasteiger partial charge in [-0.2, -0.15) is 12.6 Å². The normalized spacial score (nSPS) is 15.2. The highest BCUT2D eigenvalue weighted by Gasteiger charge is 2.28. The Kier molecular flexibility index (Phi) is 11.4. The van der Waals surface area contributed by atoms with Gasteiger partial charge < -0.3 is 32.9 Å². The van der Waals surface area contributed by atoms with Crippen LogP contribution in [0, 0.1) is 5.92 Å². The van der Waals surface area contributed by atoms with Crippen molar-refractivity contribution in [2.75, 3.05) is 12.3 Å². The van der Waals surface area contributed by atoms with E-state index in [9.17, 15) is 19.5 Å². The maximum absolute atomic E-state index is 12.3. The lowest BCUT2D eigenvalue weighted by Crippen LogP contribution is -2.56. The minimum absolute atomic E-state index is 0.00510. The molecule has 0 aromatic carbocycles. The third kappa shape index (κ3) is 8.90. The average molecular weight is 391 g/mol. The Morgan fingerprint density at radius 2 is 1.73 bits per heavy atom. The Bertz CT molecular complexity index is 512. The molecule has 2 amide bonds. The fourth-order valence-corrected chi connectivity index (χ4v) is 2.26. The van der Waals surface area contributed by atoms with Crippen LogP contribution >= 0.6 is 12.6 Å². The minimum atomic E-state index is -1.19. The van der Waals surface area contributed by atoms with Gasteiger partial charge in [0.25, 0.3) is 0 Å². The zero-order chi connectivity index (χ0) is 20.3. The molecule has 0 aliphatic heterocycles. The van der Waals surface area contributed by atoms with Crippen LogP contribution in [0.1, 0.15) is 33.1 Å². The molecule has 0 aromatic heterocycles. The molecule has 0 bridgehead atoms. The molecule has 4 atom stereocenters. The van der Waals surface area contributed by atoms with Crippen molar-refractivity contribution < 1.29 is 19.5 Å². The predicted octanol–water partition coefficient (Wildman–Crippen LogP) is -1.60. The molecule has 0 aliphatic rings. The first-order valence-electron chi connectivity index (χ1n) is 8.39. The number of nitrogens with one attached hydrogen (secondary N) is 2. The van der Waals surface area contributed by atoms with E-state index >= 15 is 0 Å². The van der Waals surface area contributed by atoms with Crippen LogP contribution in [0.5, 0.6) is 0 Å². The number of guanidine groups is 1. The molecular formula is C15H30N6O4S. The SMILES string of the molecule is CCC(C)C(N)C(=O)NC(CS)C(=O)NC(CCCN=C(N)N)C(=O)O. The van der Waals surface area contributed by atoms with Crippen molar-refractivity contribution in [3.05, 3.63) is 0 Å². The fraction of sp³-hybridized carbons (Fsp3) is 0.733. The number of amides is 2. The Hall–Kier alpha value is -2.01. The molecule has 0 aliphatic carbocycles. The van der Waals surface area contributed by atoms with Crippen LogP contribution in [0.4, 0.5) is 0 Å². The van der Waals surface area contributed by atoms with E-state index in [1.165, 1.54) is 0 Å². The van der Waals surface area contributed by atoms with Crippen LogP contribution in [0.3, 0.4) is 0 Å². The van der Waals surface area contributed by atoms with Gasteiger partial charge in [-0.3, -0.25) is 14.6 Å². The number of hydrogen-bond acceptors (Lipinski definition) is 6. The van der Waals surface area contributed by atoms with Gasteiger partial charge in [-0.1, -0.05) is 20.3 Å². The number of rotatable bonds is 12. The zero-order valence-corrected chi connectivity index (χ0v) is 16.0. The van der Waals surface area contributed by atoms with Crippen LogP contribution in [0.15, 0.2) is 4.99 Å². The smallest absolute Gasteiger partial charge is 0.326 e. The lowest BCUT2D eigenvalue weighted by atomic mass is 9.99. The van der Waals surface area contributed by atoms with E-state index in [1.807, 2.05) is 13.8 Å². The Morgan fingerprint density at radius 1 is 1.15 bits per heavy atom. The molecule has 0 spiro atoms. The van der Waals surface area contributed by atoms with Gasteiger partial charge in [0.1, 0.15) is 12.1 Å². The maximum Gasteiger partial charge on any atom is 0.326 e. The molecule has 4 unspecified atom stereocenters. The van der Waals surface area contributed by atoms with Crippen molar-refractivity contribution in [3.63, 3.8) is 0 Å². The number of carboxylic acids is 1. The maximum atomic E-state index is 12.3. The van der Waals surface area contributed by atoms with Crippen LogP contribution in [-0.4, -0.2) is 59.3 Å². The summed E-state index contributed by atoms with van der Waals surface area (Å²) in [6.07, 6.45) is 1.21. The number of thiol groups is 1. The van der Waals surface area contributed by atoms with E-state index in [4.69, 9.17) is 17.2 Å². The van der Waals surface area contributed by atoms with Crippen molar-refractivity contribution in [2.45, 2.75) is 51.2 Å². The summed E-state index contributed by atoms with van der Waals surface area (Å²) in [5.74, 6) is -2.45. The van der Waals surface area contributed by atoms with Crippen LogP contribution in [-0.2, 0) is 14.4 Å². The summed E-state index contributed by atoms with van der Waals surface area (Å²) in [7, 11) is 0. The number of hydrogen-bond donors (Lipinski definition) is 7. The first-order valence-corrected chi connectivity index (χ1v) is 9.02. The van der Waals surface area contributed by atoms with E-state index < -0.39 is 35.9 Å². The number of aliphatic carboxylic acids is 1. The number of carboxylic acid groups (broad SMARTS) is 1. The highest BCUT2D eigenvalue weighted by Crippen LogP contribution is 2.06. The summed E-state index contributed by atoms with van der Waals surface area (Å²) in [4.78, 5) is 39.4. The molecule has 0 radical (unpaired) electrons. The third-order valence-electron chi connectivity index (χ3n) is 3.94. The zero-order valence-electron chi connectivity index (χ0n) is 15.1. The quantitative estimate of drug-likeness (QED) is 0.0904. The summed E-state index contributed by atoms with van der Waals surface area (Å²) in [6.45, 7) is 3.98. The Morgan fingerprint density at radius 3 is 2.19 bits per heavy atom. The van der Waals surface area contributed by atoms with Crippen LogP contribution < -0.4 is 27.8 Å². The van der Waals surface area contributed by atoms with Gasteiger partial charge in [-0.15, -0.1) is 0 Å². The molecule has 0 saturated carbocycles. The topological polar surface area (TPSA) is 186 Å². The summed E-state index contributed by atoms with van der Waals surface area (Å²) >= 11 is 4.05. The van der Waals surface area contributed by atoms with E-state index in [-0.39, 0.29) is 30.6 Å². The Balaban J connectivity index is 4.74. The lowest BCUT2D eigenvalue weighted by Gasteiger charge is -2.23. The standard InChI is InChI=1S/C15H30N6O4S/c1-3-8(2)11(16)13(23)21-10(7-26)12(22)20-9(14(24)25)5-4-6-19-15(17)18/h8-11,26H,3-7,16H2,1-2H3,(H,20,22)(H,21,23)(H,24,25)(H4,17,18,19). The van der Waals surface area contributed by atoms with Crippen molar-refractivity contribution in [2.24, 2.45) is 28.1 Å². The molecule has 0 saturated heterocycles. The molecule has 11 heteroatoms. The summed E-state index contributed by atoms with van der Waals surface area (Å²) in [6, 6.07) is -2.87. The largest absolute Gasteiger partial charge is 0.480 e. The van der Waals surface area contributed by atoms with Crippen LogP contribution in [0.2, 0.25) is 0 Å². The van der Waals surface area contributed by atoms with E-state index in [0.717, 1.165) is 0 Å². The van der Waals surface area contributed by atoms with Crippen LogP contribution in [0.25, 0.3) is 0 Å². The second-order valence-corrected chi connectivity index (χ2v) is 6.37. The predicted molar refractivity (Wildman–Crippen MR) is 103 cm³/mol. The summed E-state index contributed by atoms with van der Waals surface area (Å²) in [5.41, 5.74) is 16.2. The van der Waals surface area contributed by atoms with E-state index in [0.29, 0.717) is 12.8 Å². The van der Waals surface area contributed by atoms with Gasteiger partial charge in [0, 0.05) is 12.3 Å². The summed E-state index contributed by atoms with van der Waals surface area (Å²) < 4.78 is 0. The average Bonchev–Trinajstić information content (AvgIpc) is 2.59. The van der Waals surface area contributed by atoms with Gasteiger partial charge in [0.2, 0.25) is 11.8 Å². The highest BCUT2D eigenvalue weighted by atomic mass is 32.1. The van der Waals surface area contributed by atoms with E-state index in [2.05, 4.69) is 28.3 Å². The summed E-state index contributed by atoms with van der Waals surface area (Å²) in [5, 5.41) is 14.1. The minimum Gasteiger partial charge on any atom is -0.480 e. The number of carbonyl (C=O) groups is 3. The number of nitrogens with two attached hydrogens (primary N) is 3. The molecule has 0 heterocycles. The molecule has 0 rings (SSSR count). The Labute approximate surface area is 158 Å². The lowest BCUT2D eigenvalue weighted by molar-refractivity contribution is -0.142. The van der Waals surface area contributed by atoms with E-state index in [1.54, 1.807) is 0 Å². The second kappa shape index (κ2) is 12.4. The molecule has 150 valence electrons. The molecular weight excluding hydrogens is 360 g/mol. The van der Waals surface area contributed by atoms with Crippen molar-refractivity contribution in [1.29, 1.82) is 0 Å². The van der Waals surface area contributed by atoms with Crippen molar-refractivity contribution >= 4 is 36.4 Å². The van der Waals surface area contributed by atoms with Gasteiger partial charge in [-0.25, -0.2) is 4.79 Å². The monoisotopic (exact) mass is 390 g/mol. The molecule has 10 nitrogen and oxygen atoms in total. The van der Waals surface area contributed by atoms with Gasteiger partial charge in [0.05, 0.1) is 6.04 Å². The van der Waals surface area contributed by atoms with Crippen molar-refractivity contribution in [1.82, 2.24) is 10.6 Å². The number of aliphatic imine (C=N–C) groups is 1. The molecule has 0 fully saturated rings. The first-order chi connectivity index (χ1) is 12.1. The first kappa shape index (κ1) is 24.0. The van der Waals surface area contributed by atoms with Gasteiger partial charge in [-0.05, 0) is 18.8 Å². The number of carbonyl (C=O) groups excluding carboxylic acids is 2. The third-order valence-corrected chi connectivity index (χ3v) is 4.30. The molecule has 26 heavy (non-hydrogen) atoms. The van der Waals surface area contributed by atoms with Gasteiger partial charge >= 0.3 is 5.97 Å². The fourth-order valence-electron chi connectivity index (χ4n) is 2.01. The molecule has 0 aromatic rings. The van der Waals surface area contributed by atoms with Gasteiger partial charge in [0.15, 0.2) is 5.96 Å². The number of nitrogens with zero attached hydrogens (tertiary/aromatic N) is 1. The molecule has 9 N–H and O–H groups in total. The highest BCUT2D eigenvalue weighted by molar-refractivity contribution is 7.80. The second-order valence-electron chi connectivity index (χ2n) is 6.00. The van der Waals surface area contributed by atoms with Crippen molar-refractivity contribution in [3.8, 4) is 0 Å².